The predicted octanol–water partition coefficient (Wildman–Crippen LogP) is 1.42. The second kappa shape index (κ2) is 27.5. The molecule has 1 aromatic heterocycles. The van der Waals surface area contributed by atoms with Crippen molar-refractivity contribution in [3.05, 3.63) is 132 Å². The molecule has 404 valence electrons. The van der Waals surface area contributed by atoms with Gasteiger partial charge in [0.05, 0.1) is 19.0 Å². The van der Waals surface area contributed by atoms with Crippen LogP contribution in [0.2, 0.25) is 0 Å². The van der Waals surface area contributed by atoms with Gasteiger partial charge in [-0.3, -0.25) is 48.1 Å². The van der Waals surface area contributed by atoms with Crippen LogP contribution in [0.15, 0.2) is 103 Å². The zero-order valence-electron chi connectivity index (χ0n) is 41.8. The fraction of sp³-hybridized carbons (Fsp3) is 0.346. The zero-order valence-corrected chi connectivity index (χ0v) is 41.8. The van der Waals surface area contributed by atoms with Gasteiger partial charge >= 0.3 is 12.1 Å². The van der Waals surface area contributed by atoms with Gasteiger partial charge in [0, 0.05) is 61.3 Å². The van der Waals surface area contributed by atoms with Gasteiger partial charge in [-0.05, 0) is 47.2 Å². The minimum Gasteiger partial charge on any atom is -0.481 e. The number of imide groups is 1. The minimum atomic E-state index is -1.87. The average molecular weight is 1060 g/mol. The van der Waals surface area contributed by atoms with Crippen LogP contribution >= 0.6 is 0 Å². The summed E-state index contributed by atoms with van der Waals surface area (Å²) in [6, 6.07) is 17.8. The summed E-state index contributed by atoms with van der Waals surface area (Å²) in [5.74, 6) is -10.0. The Morgan fingerprint density at radius 3 is 1.99 bits per heavy atom. The van der Waals surface area contributed by atoms with Crippen LogP contribution < -0.4 is 31.9 Å². The number of aliphatic hydroxyl groups is 1. The van der Waals surface area contributed by atoms with Gasteiger partial charge in [0.1, 0.15) is 50.0 Å². The fourth-order valence-electron chi connectivity index (χ4n) is 8.00. The highest BCUT2D eigenvalue weighted by Crippen LogP contribution is 2.41. The van der Waals surface area contributed by atoms with Gasteiger partial charge in [-0.2, -0.15) is 0 Å². The lowest BCUT2D eigenvalue weighted by Gasteiger charge is -2.41. The smallest absolute Gasteiger partial charge is 0.407 e. The van der Waals surface area contributed by atoms with Crippen LogP contribution in [-0.4, -0.2) is 142 Å². The maximum Gasteiger partial charge on any atom is 0.407 e. The van der Waals surface area contributed by atoms with Crippen LogP contribution in [0.1, 0.15) is 56.5 Å². The van der Waals surface area contributed by atoms with Crippen molar-refractivity contribution in [3.8, 4) is 11.1 Å². The normalized spacial score (nSPS) is 13.2. The third-order valence-corrected chi connectivity index (χ3v) is 11.6. The molecule has 0 radical (unpaired) electrons. The van der Waals surface area contributed by atoms with Gasteiger partial charge in [0.15, 0.2) is 0 Å². The van der Waals surface area contributed by atoms with Gasteiger partial charge in [-0.25, -0.2) is 13.6 Å². The third-order valence-electron chi connectivity index (χ3n) is 11.6. The van der Waals surface area contributed by atoms with E-state index in [1.54, 1.807) is 80.1 Å². The highest BCUT2D eigenvalue weighted by atomic mass is 19.1. The van der Waals surface area contributed by atoms with Crippen molar-refractivity contribution in [2.24, 2.45) is 5.41 Å². The molecule has 76 heavy (non-hydrogen) atoms. The van der Waals surface area contributed by atoms with Crippen molar-refractivity contribution >= 4 is 59.3 Å². The van der Waals surface area contributed by atoms with Gasteiger partial charge in [-0.15, -0.1) is 0 Å². The molecular weight excluding hydrogens is 997 g/mol. The predicted molar refractivity (Wildman–Crippen MR) is 267 cm³/mol. The molecule has 1 aliphatic heterocycles. The lowest BCUT2D eigenvalue weighted by Crippen LogP contribution is -2.56. The van der Waals surface area contributed by atoms with Crippen molar-refractivity contribution in [2.75, 3.05) is 45.9 Å². The summed E-state index contributed by atoms with van der Waals surface area (Å²) in [5, 5.41) is 34.2. The molecule has 1 aliphatic rings. The van der Waals surface area contributed by atoms with E-state index in [9.17, 15) is 62.5 Å². The molecule has 9 amide bonds. The van der Waals surface area contributed by atoms with Crippen LogP contribution in [0.4, 0.5) is 13.6 Å². The van der Waals surface area contributed by atoms with Crippen molar-refractivity contribution < 1.29 is 71.7 Å². The van der Waals surface area contributed by atoms with Crippen LogP contribution in [0, 0.1) is 17.0 Å². The number of aromatic nitrogens is 1. The van der Waals surface area contributed by atoms with E-state index in [2.05, 4.69) is 31.9 Å². The Morgan fingerprint density at radius 1 is 0.724 bits per heavy atom. The van der Waals surface area contributed by atoms with Gasteiger partial charge in [0.25, 0.3) is 11.8 Å². The second-order valence-electron chi connectivity index (χ2n) is 18.4. The van der Waals surface area contributed by atoms with E-state index in [1.807, 2.05) is 18.2 Å². The number of ether oxygens (including phenoxy) is 1. The summed E-state index contributed by atoms with van der Waals surface area (Å²) >= 11 is 0. The first-order valence-corrected chi connectivity index (χ1v) is 23.8. The molecule has 3 unspecified atom stereocenters. The maximum atomic E-state index is 15.3. The summed E-state index contributed by atoms with van der Waals surface area (Å²) in [4.78, 5) is 130. The number of carboxylic acids is 1. The first kappa shape index (κ1) is 58.1. The summed E-state index contributed by atoms with van der Waals surface area (Å²) in [6.07, 6.45) is 1.19. The molecule has 8 N–H and O–H groups in total. The number of alkyl carbamates (subject to hydrolysis) is 1. The summed E-state index contributed by atoms with van der Waals surface area (Å²) in [5.41, 5.74) is 1.14. The number of aliphatic carboxylic acids is 1. The molecular formula is C52H59F2N9O13. The SMILES string of the molecule is CC(C)(C)C(c1cc(-c2cc(F)ccc2F)cn1Cc1ccccc1)N(CCC(NC(=O)C(CC(=O)O)NC(=O)CNC(=O)CNC(=O)OCc1ccccc1)C(=O)NCCNC(=O)CN1C(=O)C=CC1=O)C(=O)CO. The number of rotatable bonds is 26. The Labute approximate surface area is 435 Å². The number of amides is 9. The van der Waals surface area contributed by atoms with Crippen LogP contribution in [0.25, 0.3) is 11.1 Å². The topological polar surface area (TPSA) is 304 Å². The number of benzene rings is 3. The van der Waals surface area contributed by atoms with E-state index in [1.165, 1.54) is 4.90 Å². The van der Waals surface area contributed by atoms with Crippen LogP contribution in [0.5, 0.6) is 0 Å². The molecule has 0 fully saturated rings. The maximum absolute atomic E-state index is 15.3. The molecule has 0 aliphatic carbocycles. The molecule has 0 spiro atoms. The van der Waals surface area contributed by atoms with E-state index in [0.717, 1.165) is 35.9 Å². The highest BCUT2D eigenvalue weighted by molar-refractivity contribution is 6.14. The Kier molecular flexibility index (Phi) is 21.0. The van der Waals surface area contributed by atoms with E-state index in [4.69, 9.17) is 4.74 Å². The lowest BCUT2D eigenvalue weighted by atomic mass is 9.82. The van der Waals surface area contributed by atoms with Crippen molar-refractivity contribution in [1.82, 2.24) is 46.3 Å². The van der Waals surface area contributed by atoms with Gasteiger partial charge < -0.3 is 56.3 Å². The largest absolute Gasteiger partial charge is 0.481 e. The van der Waals surface area contributed by atoms with Crippen molar-refractivity contribution in [1.29, 1.82) is 0 Å². The first-order chi connectivity index (χ1) is 36.1. The Morgan fingerprint density at radius 2 is 1.36 bits per heavy atom. The van der Waals surface area contributed by atoms with Crippen molar-refractivity contribution in [2.45, 2.75) is 64.9 Å². The molecule has 24 heteroatoms. The highest BCUT2D eigenvalue weighted by Gasteiger charge is 2.38. The average Bonchev–Trinajstić information content (AvgIpc) is 3.93. The van der Waals surface area contributed by atoms with E-state index in [-0.39, 0.29) is 37.4 Å². The lowest BCUT2D eigenvalue weighted by molar-refractivity contribution is -0.142. The Hall–Kier alpha value is -8.80. The molecule has 0 saturated carbocycles. The number of hydrogen-bond acceptors (Lipinski definition) is 12. The standard InChI is InChI=1S/C52H59F2N9O13/c1-52(2,3)48(40-22-34(36-23-35(53)14-15-37(36)54)28-61(40)27-32-10-6-4-7-11-32)62(46(70)30-64)21-18-38(49(73)56-20-19-55-43(67)29-63-44(68)16-17-45(63)69)60-50(74)39(24-47(71)72)59-42(66)26-57-41(65)25-58-51(75)76-31-33-12-8-5-9-13-33/h4-17,22-23,28,38-39,48,64H,18-21,24-27,29-31H2,1-3H3,(H,55,67)(H,56,73)(H,57,65)(H,58,75)(H,59,66)(H,60,74)(H,71,72). The molecule has 0 saturated heterocycles. The van der Waals surface area contributed by atoms with E-state index < -0.39 is 140 Å². The number of carboxylic acid groups (broad SMARTS) is 1. The summed E-state index contributed by atoms with van der Waals surface area (Å²) in [6.45, 7) is 1.42. The molecule has 4 aromatic rings. The number of hydrogen-bond donors (Lipinski definition) is 8. The molecule has 2 heterocycles. The monoisotopic (exact) mass is 1060 g/mol. The Bertz CT molecular complexity index is 2780. The quantitative estimate of drug-likeness (QED) is 0.0327. The summed E-state index contributed by atoms with van der Waals surface area (Å²) in [7, 11) is 0. The number of nitrogens with zero attached hydrogens (tertiary/aromatic N) is 3. The fourth-order valence-corrected chi connectivity index (χ4v) is 8.00. The van der Waals surface area contributed by atoms with E-state index >= 15 is 4.39 Å². The minimum absolute atomic E-state index is 0.0782. The number of aliphatic hydroxyl groups excluding tert-OH is 1. The Balaban J connectivity index is 1.37. The molecule has 3 atom stereocenters. The molecule has 3 aromatic carbocycles. The van der Waals surface area contributed by atoms with Crippen LogP contribution in [0.3, 0.4) is 0 Å². The molecule has 22 nitrogen and oxygen atoms in total. The number of carbonyl (C=O) groups excluding carboxylic acids is 9. The number of nitrogens with one attached hydrogen (secondary N) is 6. The second-order valence-corrected chi connectivity index (χ2v) is 18.4. The zero-order chi connectivity index (χ0) is 55.5. The summed E-state index contributed by atoms with van der Waals surface area (Å²) < 4.78 is 36.7. The third kappa shape index (κ3) is 17.4. The van der Waals surface area contributed by atoms with Gasteiger partial charge in [-0.1, -0.05) is 81.4 Å². The van der Waals surface area contributed by atoms with Crippen LogP contribution in [-0.2, 0) is 61.0 Å². The molecule has 5 rings (SSSR count). The number of carbonyl (C=O) groups is 10. The van der Waals surface area contributed by atoms with Gasteiger partial charge in [0.2, 0.25) is 35.4 Å². The molecule has 0 bridgehead atoms. The number of halogens is 2. The first-order valence-electron chi connectivity index (χ1n) is 23.8. The van der Waals surface area contributed by atoms with Crippen molar-refractivity contribution in [3.63, 3.8) is 0 Å². The van der Waals surface area contributed by atoms with E-state index in [0.29, 0.717) is 16.2 Å².